The molecule has 0 heterocycles. The van der Waals surface area contributed by atoms with Crippen LogP contribution in [0.5, 0.6) is 0 Å². The summed E-state index contributed by atoms with van der Waals surface area (Å²) in [5, 5.41) is 18.6. The molecule has 28 heavy (non-hydrogen) atoms. The van der Waals surface area contributed by atoms with Crippen LogP contribution in [0.1, 0.15) is 45.6 Å². The van der Waals surface area contributed by atoms with E-state index < -0.39 is 0 Å². The van der Waals surface area contributed by atoms with Crippen LogP contribution in [0.2, 0.25) is 0 Å². The molecule has 0 spiro atoms. The lowest BCUT2D eigenvalue weighted by atomic mass is 9.79. The highest BCUT2D eigenvalue weighted by atomic mass is 127. The molecular weight excluding hydrogens is 467 g/mol. The minimum Gasteiger partial charge on any atom is -0.396 e. The van der Waals surface area contributed by atoms with Crippen LogP contribution < -0.4 is 16.0 Å². The highest BCUT2D eigenvalue weighted by molar-refractivity contribution is 14.0. The Morgan fingerprint density at radius 2 is 1.96 bits per heavy atom. The topological polar surface area (TPSA) is 85.8 Å². The Morgan fingerprint density at radius 1 is 1.25 bits per heavy atom. The highest BCUT2D eigenvalue weighted by Gasteiger charge is 2.25. The predicted molar refractivity (Wildman–Crippen MR) is 127 cm³/mol. The molecule has 0 aliphatic carbocycles. The minimum absolute atomic E-state index is 0. The number of aliphatic hydroxyl groups is 1. The van der Waals surface area contributed by atoms with Crippen molar-refractivity contribution in [3.05, 3.63) is 29.8 Å². The average Bonchev–Trinajstić information content (AvgIpc) is 2.69. The van der Waals surface area contributed by atoms with Crippen molar-refractivity contribution in [2.45, 2.75) is 40.0 Å². The molecule has 6 nitrogen and oxygen atoms in total. The van der Waals surface area contributed by atoms with Crippen molar-refractivity contribution < 1.29 is 9.90 Å². The SMILES string of the molecule is C#Cc1cccc(NC(=O)CN=C(NCC)NCC(CC)(CC)CCO)c1.I. The van der Waals surface area contributed by atoms with Gasteiger partial charge in [-0.1, -0.05) is 25.8 Å². The Kier molecular flexibility index (Phi) is 13.3. The van der Waals surface area contributed by atoms with Crippen molar-refractivity contribution in [2.75, 3.05) is 31.6 Å². The van der Waals surface area contributed by atoms with Crippen molar-refractivity contribution in [1.29, 1.82) is 0 Å². The summed E-state index contributed by atoms with van der Waals surface area (Å²) in [6.45, 7) is 7.78. The highest BCUT2D eigenvalue weighted by Crippen LogP contribution is 2.29. The lowest BCUT2D eigenvalue weighted by Gasteiger charge is -2.32. The normalized spacial score (nSPS) is 11.2. The summed E-state index contributed by atoms with van der Waals surface area (Å²) in [5.74, 6) is 2.92. The maximum atomic E-state index is 12.2. The van der Waals surface area contributed by atoms with E-state index in [9.17, 15) is 9.90 Å². The van der Waals surface area contributed by atoms with Crippen LogP contribution in [0, 0.1) is 17.8 Å². The molecule has 0 radical (unpaired) electrons. The van der Waals surface area contributed by atoms with Crippen molar-refractivity contribution in [1.82, 2.24) is 10.6 Å². The van der Waals surface area contributed by atoms with Gasteiger partial charge in [0.1, 0.15) is 6.54 Å². The quantitative estimate of drug-likeness (QED) is 0.172. The smallest absolute Gasteiger partial charge is 0.246 e. The number of rotatable bonds is 10. The number of terminal acetylenes is 1. The zero-order valence-corrected chi connectivity index (χ0v) is 19.4. The van der Waals surface area contributed by atoms with Crippen LogP contribution in [0.25, 0.3) is 0 Å². The fourth-order valence-corrected chi connectivity index (χ4v) is 2.83. The number of anilines is 1. The van der Waals surface area contributed by atoms with E-state index in [0.717, 1.165) is 19.3 Å². The fraction of sp³-hybridized carbons (Fsp3) is 0.524. The van der Waals surface area contributed by atoms with E-state index >= 15 is 0 Å². The maximum absolute atomic E-state index is 12.2. The van der Waals surface area contributed by atoms with Crippen molar-refractivity contribution in [3.8, 4) is 12.3 Å². The lowest BCUT2D eigenvalue weighted by Crippen LogP contribution is -2.44. The number of nitrogens with zero attached hydrogens (tertiary/aromatic N) is 1. The van der Waals surface area contributed by atoms with E-state index in [2.05, 4.69) is 40.7 Å². The first-order chi connectivity index (χ1) is 13.0. The number of carbonyl (C=O) groups is 1. The summed E-state index contributed by atoms with van der Waals surface area (Å²) in [4.78, 5) is 16.5. The standard InChI is InChI=1S/C21H32N4O2.HI/c1-5-17-10-9-11-18(14-17)25-19(27)15-23-20(22-8-4)24-16-21(6-2,7-3)12-13-26;/h1,9-11,14,26H,6-8,12-13,15-16H2,2-4H3,(H,25,27)(H2,22,23,24);1H. The van der Waals surface area contributed by atoms with Gasteiger partial charge in [-0.05, 0) is 49.8 Å². The van der Waals surface area contributed by atoms with Crippen LogP contribution in [-0.2, 0) is 4.79 Å². The van der Waals surface area contributed by atoms with Gasteiger partial charge in [0.05, 0.1) is 0 Å². The molecule has 0 aromatic heterocycles. The molecule has 0 saturated heterocycles. The van der Waals surface area contributed by atoms with Crippen molar-refractivity contribution in [2.24, 2.45) is 10.4 Å². The van der Waals surface area contributed by atoms with Crippen LogP contribution >= 0.6 is 24.0 Å². The van der Waals surface area contributed by atoms with Gasteiger partial charge in [0.25, 0.3) is 0 Å². The summed E-state index contributed by atoms with van der Waals surface area (Å²) in [7, 11) is 0. The molecule has 0 atom stereocenters. The third-order valence-electron chi connectivity index (χ3n) is 4.81. The number of benzene rings is 1. The van der Waals surface area contributed by atoms with E-state index in [1.807, 2.05) is 6.92 Å². The molecule has 7 heteroatoms. The van der Waals surface area contributed by atoms with Gasteiger partial charge >= 0.3 is 0 Å². The molecule has 0 aliphatic rings. The fourth-order valence-electron chi connectivity index (χ4n) is 2.83. The molecule has 1 aromatic rings. The number of amides is 1. The second-order valence-corrected chi connectivity index (χ2v) is 6.50. The second-order valence-electron chi connectivity index (χ2n) is 6.50. The van der Waals surface area contributed by atoms with Gasteiger partial charge < -0.3 is 21.1 Å². The number of guanidine groups is 1. The third-order valence-corrected chi connectivity index (χ3v) is 4.81. The first-order valence-electron chi connectivity index (χ1n) is 9.52. The first-order valence-corrected chi connectivity index (χ1v) is 9.52. The molecule has 1 amide bonds. The molecule has 0 fully saturated rings. The van der Waals surface area contributed by atoms with Gasteiger partial charge in [-0.2, -0.15) is 0 Å². The van der Waals surface area contributed by atoms with E-state index in [0.29, 0.717) is 30.3 Å². The summed E-state index contributed by atoms with van der Waals surface area (Å²) in [5.41, 5.74) is 1.39. The lowest BCUT2D eigenvalue weighted by molar-refractivity contribution is -0.114. The number of aliphatic imine (C=N–C) groups is 1. The van der Waals surface area contributed by atoms with Gasteiger partial charge in [0, 0.05) is 30.9 Å². The largest absolute Gasteiger partial charge is 0.396 e. The average molecular weight is 500 g/mol. The Hall–Kier alpha value is -1.79. The van der Waals surface area contributed by atoms with Crippen molar-refractivity contribution in [3.63, 3.8) is 0 Å². The van der Waals surface area contributed by atoms with Gasteiger partial charge in [0.2, 0.25) is 5.91 Å². The molecule has 0 aliphatic heterocycles. The molecule has 0 bridgehead atoms. The molecule has 0 unspecified atom stereocenters. The Balaban J connectivity index is 0.00000729. The van der Waals surface area contributed by atoms with Gasteiger partial charge in [0.15, 0.2) is 5.96 Å². The third kappa shape index (κ3) is 8.93. The first kappa shape index (κ1) is 26.2. The van der Waals surface area contributed by atoms with Gasteiger partial charge in [-0.25, -0.2) is 4.99 Å². The summed E-state index contributed by atoms with van der Waals surface area (Å²) in [6, 6.07) is 7.14. The molecule has 1 aromatic carbocycles. The summed E-state index contributed by atoms with van der Waals surface area (Å²) >= 11 is 0. The van der Waals surface area contributed by atoms with E-state index in [1.165, 1.54) is 0 Å². The zero-order chi connectivity index (χ0) is 20.1. The minimum atomic E-state index is -0.214. The molecule has 1 rings (SSSR count). The van der Waals surface area contributed by atoms with E-state index in [1.54, 1.807) is 24.3 Å². The summed E-state index contributed by atoms with van der Waals surface area (Å²) < 4.78 is 0. The second kappa shape index (κ2) is 14.2. The van der Waals surface area contributed by atoms with Crippen LogP contribution in [0.4, 0.5) is 5.69 Å². The van der Waals surface area contributed by atoms with E-state index in [4.69, 9.17) is 6.42 Å². The van der Waals surface area contributed by atoms with Gasteiger partial charge in [-0.15, -0.1) is 30.4 Å². The maximum Gasteiger partial charge on any atom is 0.246 e. The Bertz CT molecular complexity index is 667. The van der Waals surface area contributed by atoms with Crippen molar-refractivity contribution >= 4 is 41.5 Å². The van der Waals surface area contributed by atoms with Crippen LogP contribution in [-0.4, -0.2) is 43.2 Å². The monoisotopic (exact) mass is 500 g/mol. The Morgan fingerprint density at radius 3 is 2.54 bits per heavy atom. The Labute approximate surface area is 186 Å². The van der Waals surface area contributed by atoms with Crippen LogP contribution in [0.15, 0.2) is 29.3 Å². The predicted octanol–water partition coefficient (Wildman–Crippen LogP) is 2.97. The molecule has 4 N–H and O–H groups in total. The number of hydrogen-bond acceptors (Lipinski definition) is 3. The van der Waals surface area contributed by atoms with E-state index in [-0.39, 0.29) is 48.5 Å². The molecule has 0 saturated carbocycles. The van der Waals surface area contributed by atoms with Crippen LogP contribution in [0.3, 0.4) is 0 Å². The molecular formula is C21H33IN4O2. The number of carbonyl (C=O) groups excluding carboxylic acids is 1. The zero-order valence-electron chi connectivity index (χ0n) is 17.0. The summed E-state index contributed by atoms with van der Waals surface area (Å²) in [6.07, 6.45) is 8.03. The molecule has 156 valence electrons. The number of hydrogen-bond donors (Lipinski definition) is 4. The number of nitrogens with one attached hydrogen (secondary N) is 3. The van der Waals surface area contributed by atoms with Gasteiger partial charge in [-0.3, -0.25) is 4.79 Å². The number of halogens is 1. The number of aliphatic hydroxyl groups excluding tert-OH is 1.